The maximum Gasteiger partial charge on any atom is 0.325 e. The molecule has 1 aromatic rings. The molecule has 1 rings (SSSR count). The summed E-state index contributed by atoms with van der Waals surface area (Å²) in [4.78, 5) is 26.3. The van der Waals surface area contributed by atoms with E-state index in [1.165, 1.54) is 6.20 Å². The van der Waals surface area contributed by atoms with Gasteiger partial charge in [0, 0.05) is 6.20 Å². The number of hydrogen-bond acceptors (Lipinski definition) is 4. The van der Waals surface area contributed by atoms with Crippen molar-refractivity contribution in [3.63, 3.8) is 0 Å². The highest BCUT2D eigenvalue weighted by molar-refractivity contribution is 5.40. The van der Waals surface area contributed by atoms with Gasteiger partial charge in [-0.25, -0.2) is 4.79 Å². The first-order chi connectivity index (χ1) is 6.44. The molecule has 0 aliphatic rings. The minimum absolute atomic E-state index is 0.119. The van der Waals surface area contributed by atoms with Gasteiger partial charge in [-0.3, -0.25) is 9.78 Å². The van der Waals surface area contributed by atoms with Gasteiger partial charge in [-0.2, -0.15) is 0 Å². The van der Waals surface area contributed by atoms with Crippen LogP contribution in [0.3, 0.4) is 0 Å². The van der Waals surface area contributed by atoms with E-state index in [-0.39, 0.29) is 12.3 Å². The van der Waals surface area contributed by atoms with Crippen LogP contribution in [0.1, 0.15) is 13.8 Å². The van der Waals surface area contributed by atoms with Crippen molar-refractivity contribution < 1.29 is 5.11 Å². The molecule has 6 nitrogen and oxygen atoms in total. The van der Waals surface area contributed by atoms with Crippen molar-refractivity contribution in [3.05, 3.63) is 27.0 Å². The molecule has 0 unspecified atom stereocenters. The van der Waals surface area contributed by atoms with Crippen molar-refractivity contribution in [3.8, 4) is 0 Å². The Bertz CT molecular complexity index is 418. The predicted molar refractivity (Wildman–Crippen MR) is 52.5 cm³/mol. The largest absolute Gasteiger partial charge is 0.394 e. The quantitative estimate of drug-likeness (QED) is 0.514. The Labute approximate surface area is 80.0 Å². The van der Waals surface area contributed by atoms with E-state index < -0.39 is 16.8 Å². The van der Waals surface area contributed by atoms with Gasteiger partial charge in [-0.05, 0) is 13.8 Å². The van der Waals surface area contributed by atoms with Crippen LogP contribution in [0.2, 0.25) is 0 Å². The molecule has 0 radical (unpaired) electrons. The molecular weight excluding hydrogens is 186 g/mol. The highest BCUT2D eigenvalue weighted by Crippen LogP contribution is 2.07. The van der Waals surface area contributed by atoms with E-state index in [0.29, 0.717) is 0 Å². The Morgan fingerprint density at radius 2 is 2.14 bits per heavy atom. The Balaban J connectivity index is 2.99. The molecule has 0 fully saturated rings. The summed E-state index contributed by atoms with van der Waals surface area (Å²) in [7, 11) is 0. The molecular formula is C8H13N3O3. The summed E-state index contributed by atoms with van der Waals surface area (Å²) in [6.07, 6.45) is 1.28. The highest BCUT2D eigenvalue weighted by Gasteiger charge is 2.17. The smallest absolute Gasteiger partial charge is 0.325 e. The molecule has 4 N–H and O–H groups in total. The minimum Gasteiger partial charge on any atom is -0.394 e. The van der Waals surface area contributed by atoms with Crippen LogP contribution in [-0.2, 0) is 0 Å². The van der Waals surface area contributed by atoms with Crippen molar-refractivity contribution in [1.82, 2.24) is 9.97 Å². The van der Waals surface area contributed by atoms with Gasteiger partial charge >= 0.3 is 5.69 Å². The van der Waals surface area contributed by atoms with Crippen LogP contribution < -0.4 is 16.6 Å². The van der Waals surface area contributed by atoms with Gasteiger partial charge in [0.05, 0.1) is 12.1 Å². The van der Waals surface area contributed by atoms with Crippen molar-refractivity contribution in [2.24, 2.45) is 0 Å². The van der Waals surface area contributed by atoms with E-state index in [9.17, 15) is 9.59 Å². The summed E-state index contributed by atoms with van der Waals surface area (Å²) in [6.45, 7) is 3.35. The van der Waals surface area contributed by atoms with Crippen molar-refractivity contribution in [2.75, 3.05) is 11.9 Å². The lowest BCUT2D eigenvalue weighted by atomic mass is 10.1. The van der Waals surface area contributed by atoms with Gasteiger partial charge in [-0.15, -0.1) is 0 Å². The summed E-state index contributed by atoms with van der Waals surface area (Å²) >= 11 is 0. The summed E-state index contributed by atoms with van der Waals surface area (Å²) < 4.78 is 0. The molecule has 0 amide bonds. The van der Waals surface area contributed by atoms with Crippen LogP contribution in [-0.4, -0.2) is 27.2 Å². The maximum atomic E-state index is 11.2. The Hall–Kier alpha value is -1.56. The summed E-state index contributed by atoms with van der Waals surface area (Å²) in [5, 5.41) is 11.8. The fourth-order valence-corrected chi connectivity index (χ4v) is 0.907. The molecule has 0 saturated carbocycles. The Kier molecular flexibility index (Phi) is 2.76. The Morgan fingerprint density at radius 3 is 2.64 bits per heavy atom. The van der Waals surface area contributed by atoms with E-state index >= 15 is 0 Å². The number of anilines is 1. The van der Waals surface area contributed by atoms with Crippen LogP contribution in [0.15, 0.2) is 15.8 Å². The molecule has 0 saturated heterocycles. The number of rotatable bonds is 3. The topological polar surface area (TPSA) is 98.0 Å². The molecule has 0 atom stereocenters. The van der Waals surface area contributed by atoms with Gasteiger partial charge in [0.15, 0.2) is 0 Å². The monoisotopic (exact) mass is 199 g/mol. The zero-order chi connectivity index (χ0) is 10.8. The zero-order valence-corrected chi connectivity index (χ0v) is 8.05. The second-order valence-electron chi connectivity index (χ2n) is 3.65. The van der Waals surface area contributed by atoms with E-state index in [4.69, 9.17) is 5.11 Å². The number of H-pyrrole nitrogens is 2. The van der Waals surface area contributed by atoms with Crippen LogP contribution in [0.4, 0.5) is 5.69 Å². The lowest BCUT2D eigenvalue weighted by Crippen LogP contribution is -2.38. The van der Waals surface area contributed by atoms with Crippen molar-refractivity contribution in [1.29, 1.82) is 0 Å². The van der Waals surface area contributed by atoms with Crippen LogP contribution in [0.5, 0.6) is 0 Å². The third-order valence-corrected chi connectivity index (χ3v) is 1.69. The number of aromatic nitrogens is 2. The normalized spacial score (nSPS) is 11.4. The predicted octanol–water partition coefficient (Wildman–Crippen LogP) is -0.754. The molecule has 0 aromatic carbocycles. The number of aliphatic hydroxyl groups excluding tert-OH is 1. The minimum atomic E-state index is -0.606. The fraction of sp³-hybridized carbons (Fsp3) is 0.500. The summed E-state index contributed by atoms with van der Waals surface area (Å²) in [5.74, 6) is 0. The molecule has 14 heavy (non-hydrogen) atoms. The number of aromatic amines is 2. The summed E-state index contributed by atoms with van der Waals surface area (Å²) in [6, 6.07) is 0. The van der Waals surface area contributed by atoms with E-state index in [2.05, 4.69) is 15.3 Å². The molecule has 6 heteroatoms. The van der Waals surface area contributed by atoms with Crippen LogP contribution in [0.25, 0.3) is 0 Å². The Morgan fingerprint density at radius 1 is 1.50 bits per heavy atom. The number of hydrogen-bond donors (Lipinski definition) is 4. The fourth-order valence-electron chi connectivity index (χ4n) is 0.907. The zero-order valence-electron chi connectivity index (χ0n) is 8.05. The van der Waals surface area contributed by atoms with Crippen molar-refractivity contribution >= 4 is 5.69 Å². The first-order valence-corrected chi connectivity index (χ1v) is 4.16. The highest BCUT2D eigenvalue weighted by atomic mass is 16.3. The van der Waals surface area contributed by atoms with E-state index in [0.717, 1.165) is 0 Å². The number of nitrogens with one attached hydrogen (secondary N) is 3. The van der Waals surface area contributed by atoms with Crippen LogP contribution >= 0.6 is 0 Å². The van der Waals surface area contributed by atoms with Crippen molar-refractivity contribution in [2.45, 2.75) is 19.4 Å². The average molecular weight is 199 g/mol. The van der Waals surface area contributed by atoms with Gasteiger partial charge in [0.1, 0.15) is 5.69 Å². The van der Waals surface area contributed by atoms with Gasteiger partial charge in [0.25, 0.3) is 5.56 Å². The molecule has 78 valence electrons. The molecule has 1 aromatic heterocycles. The SMILES string of the molecule is CC(C)(CO)Nc1c[nH]c(=O)[nH]c1=O. The first kappa shape index (κ1) is 10.5. The number of aliphatic hydroxyl groups is 1. The lowest BCUT2D eigenvalue weighted by molar-refractivity contribution is 0.234. The van der Waals surface area contributed by atoms with Gasteiger partial charge in [0.2, 0.25) is 0 Å². The molecule has 0 spiro atoms. The van der Waals surface area contributed by atoms with E-state index in [1.807, 2.05) is 0 Å². The first-order valence-electron chi connectivity index (χ1n) is 4.16. The second kappa shape index (κ2) is 3.67. The average Bonchev–Trinajstić information content (AvgIpc) is 2.10. The molecule has 0 aliphatic heterocycles. The van der Waals surface area contributed by atoms with Crippen LogP contribution in [0, 0.1) is 0 Å². The lowest BCUT2D eigenvalue weighted by Gasteiger charge is -2.23. The third-order valence-electron chi connectivity index (χ3n) is 1.69. The standard InChI is InChI=1S/C8H13N3O3/c1-8(2,4-12)11-5-3-9-7(14)10-6(5)13/h3,11-12H,4H2,1-2H3,(H2,9,10,13,14). The second-order valence-corrected chi connectivity index (χ2v) is 3.65. The summed E-state index contributed by atoms with van der Waals surface area (Å²) in [5.41, 5.74) is -1.44. The third kappa shape index (κ3) is 2.46. The van der Waals surface area contributed by atoms with E-state index in [1.54, 1.807) is 13.8 Å². The van der Waals surface area contributed by atoms with Gasteiger partial charge in [-0.1, -0.05) is 0 Å². The maximum absolute atomic E-state index is 11.2. The van der Waals surface area contributed by atoms with Gasteiger partial charge < -0.3 is 15.4 Å². The molecule has 1 heterocycles. The molecule has 0 aliphatic carbocycles. The molecule has 0 bridgehead atoms.